The first-order valence-corrected chi connectivity index (χ1v) is 12.9. The number of pyridine rings is 1. The molecule has 1 atom stereocenters. The summed E-state index contributed by atoms with van der Waals surface area (Å²) in [5.74, 6) is -0.608. The number of thioether (sulfide) groups is 1. The first-order chi connectivity index (χ1) is 17.1. The van der Waals surface area contributed by atoms with Crippen molar-refractivity contribution in [3.63, 3.8) is 0 Å². The Morgan fingerprint density at radius 2 is 1.67 bits per heavy atom. The number of nitriles is 2. The van der Waals surface area contributed by atoms with Gasteiger partial charge in [0, 0.05) is 18.1 Å². The summed E-state index contributed by atoms with van der Waals surface area (Å²) in [7, 11) is -3.91. The fourth-order valence-corrected chi connectivity index (χ4v) is 5.08. The SMILES string of the molecule is CC(Sc1nc(N)c(C#N)c(C(C)C)c1C#N)C(=O)Nc1ccc(S(=O)(=O)Nc2ncccn2)cc1. The lowest BCUT2D eigenvalue weighted by Crippen LogP contribution is -2.23. The van der Waals surface area contributed by atoms with Crippen LogP contribution in [0.1, 0.15) is 43.4 Å². The Morgan fingerprint density at radius 1 is 1.06 bits per heavy atom. The molecule has 0 spiro atoms. The van der Waals surface area contributed by atoms with Crippen molar-refractivity contribution in [2.45, 2.75) is 41.9 Å². The van der Waals surface area contributed by atoms with Crippen molar-refractivity contribution in [1.82, 2.24) is 15.0 Å². The van der Waals surface area contributed by atoms with E-state index in [1.165, 1.54) is 36.7 Å². The van der Waals surface area contributed by atoms with Crippen LogP contribution in [-0.2, 0) is 14.8 Å². The van der Waals surface area contributed by atoms with E-state index in [4.69, 9.17) is 5.73 Å². The number of benzene rings is 1. The van der Waals surface area contributed by atoms with Crippen LogP contribution in [-0.4, -0.2) is 34.5 Å². The van der Waals surface area contributed by atoms with Gasteiger partial charge in [-0.3, -0.25) is 4.79 Å². The van der Waals surface area contributed by atoms with Crippen LogP contribution in [0.15, 0.2) is 52.6 Å². The van der Waals surface area contributed by atoms with Gasteiger partial charge in [-0.05, 0) is 48.7 Å². The highest BCUT2D eigenvalue weighted by Crippen LogP contribution is 2.34. The van der Waals surface area contributed by atoms with Gasteiger partial charge in [0.05, 0.1) is 21.3 Å². The summed E-state index contributed by atoms with van der Waals surface area (Å²) < 4.78 is 27.3. The van der Waals surface area contributed by atoms with Crippen molar-refractivity contribution in [1.29, 1.82) is 10.5 Å². The number of nitrogens with two attached hydrogens (primary N) is 1. The third-order valence-corrected chi connectivity index (χ3v) is 7.34. The fourth-order valence-electron chi connectivity index (χ4n) is 3.20. The minimum Gasteiger partial charge on any atom is -0.383 e. The second kappa shape index (κ2) is 11.0. The molecule has 0 radical (unpaired) electrons. The number of nitrogens with one attached hydrogen (secondary N) is 2. The van der Waals surface area contributed by atoms with E-state index in [-0.39, 0.29) is 38.7 Å². The zero-order valence-corrected chi connectivity index (χ0v) is 21.2. The molecule has 0 saturated heterocycles. The van der Waals surface area contributed by atoms with Crippen molar-refractivity contribution in [3.05, 3.63) is 59.4 Å². The Balaban J connectivity index is 1.75. The van der Waals surface area contributed by atoms with Crippen molar-refractivity contribution >= 4 is 45.1 Å². The van der Waals surface area contributed by atoms with Crippen molar-refractivity contribution in [3.8, 4) is 12.1 Å². The molecule has 2 aromatic heterocycles. The van der Waals surface area contributed by atoms with Gasteiger partial charge in [0.25, 0.3) is 10.0 Å². The van der Waals surface area contributed by atoms with Gasteiger partial charge in [-0.15, -0.1) is 0 Å². The second-order valence-electron chi connectivity index (χ2n) is 7.80. The van der Waals surface area contributed by atoms with Crippen LogP contribution in [0, 0.1) is 22.7 Å². The van der Waals surface area contributed by atoms with Crippen LogP contribution < -0.4 is 15.8 Å². The summed E-state index contributed by atoms with van der Waals surface area (Å²) in [6, 6.07) is 11.2. The normalized spacial score (nSPS) is 11.8. The predicted octanol–water partition coefficient (Wildman–Crippen LogP) is 3.24. The molecule has 1 amide bonds. The molecular formula is C23H22N8O3S2. The molecule has 1 unspecified atom stereocenters. The summed E-state index contributed by atoms with van der Waals surface area (Å²) >= 11 is 1.04. The molecule has 0 bridgehead atoms. The number of anilines is 3. The molecule has 0 aliphatic rings. The number of aromatic nitrogens is 3. The van der Waals surface area contributed by atoms with Gasteiger partial charge >= 0.3 is 0 Å². The first-order valence-electron chi connectivity index (χ1n) is 10.6. The molecule has 13 heteroatoms. The zero-order chi connectivity index (χ0) is 26.5. The average molecular weight is 523 g/mol. The standard InChI is InChI=1S/C23H22N8O3S2/c1-13(2)19-17(11-24)20(26)30-22(18(19)12-25)35-14(3)21(32)29-15-5-7-16(8-6-15)36(33,34)31-23-27-9-4-10-28-23/h4-10,13-14H,1-3H3,(H2,26,30)(H,29,32)(H,27,28,31). The summed E-state index contributed by atoms with van der Waals surface area (Å²) in [5, 5.41) is 21.4. The maximum absolute atomic E-state index is 12.8. The maximum atomic E-state index is 12.8. The van der Waals surface area contributed by atoms with Crippen LogP contribution in [0.3, 0.4) is 0 Å². The molecule has 1 aromatic carbocycles. The van der Waals surface area contributed by atoms with Crippen molar-refractivity contribution < 1.29 is 13.2 Å². The number of carbonyl (C=O) groups excluding carboxylic acids is 1. The number of hydrogen-bond acceptors (Lipinski definition) is 10. The molecular weight excluding hydrogens is 500 g/mol. The van der Waals surface area contributed by atoms with Gasteiger partial charge in [-0.25, -0.2) is 28.1 Å². The topological polar surface area (TPSA) is 188 Å². The molecule has 184 valence electrons. The number of hydrogen-bond donors (Lipinski definition) is 3. The van der Waals surface area contributed by atoms with E-state index < -0.39 is 21.2 Å². The molecule has 11 nitrogen and oxygen atoms in total. The Hall–Kier alpha value is -4.20. The van der Waals surface area contributed by atoms with E-state index in [9.17, 15) is 23.7 Å². The van der Waals surface area contributed by atoms with Gasteiger partial charge in [-0.1, -0.05) is 25.6 Å². The third-order valence-electron chi connectivity index (χ3n) is 4.91. The smallest absolute Gasteiger partial charge is 0.264 e. The summed E-state index contributed by atoms with van der Waals surface area (Å²) in [5.41, 5.74) is 7.19. The van der Waals surface area contributed by atoms with Crippen LogP contribution in [0.25, 0.3) is 0 Å². The number of amides is 1. The van der Waals surface area contributed by atoms with E-state index in [0.29, 0.717) is 11.3 Å². The quantitative estimate of drug-likeness (QED) is 0.370. The number of sulfonamides is 1. The highest BCUT2D eigenvalue weighted by atomic mass is 32.2. The largest absolute Gasteiger partial charge is 0.383 e. The van der Waals surface area contributed by atoms with Gasteiger partial charge in [0.15, 0.2) is 0 Å². The maximum Gasteiger partial charge on any atom is 0.264 e. The van der Waals surface area contributed by atoms with E-state index in [1.54, 1.807) is 13.0 Å². The minimum absolute atomic E-state index is 0.00150. The van der Waals surface area contributed by atoms with Crippen molar-refractivity contribution in [2.75, 3.05) is 15.8 Å². The van der Waals surface area contributed by atoms with Crippen molar-refractivity contribution in [2.24, 2.45) is 0 Å². The molecule has 2 heterocycles. The molecule has 36 heavy (non-hydrogen) atoms. The lowest BCUT2D eigenvalue weighted by Gasteiger charge is -2.17. The lowest BCUT2D eigenvalue weighted by atomic mass is 9.94. The van der Waals surface area contributed by atoms with E-state index in [1.807, 2.05) is 19.9 Å². The summed E-state index contributed by atoms with van der Waals surface area (Å²) in [6.45, 7) is 5.31. The number of rotatable bonds is 8. The number of nitrogen functional groups attached to an aromatic ring is 1. The Morgan fingerprint density at radius 3 is 2.22 bits per heavy atom. The minimum atomic E-state index is -3.91. The third kappa shape index (κ3) is 5.89. The fraction of sp³-hybridized carbons (Fsp3) is 0.217. The van der Waals surface area contributed by atoms with E-state index >= 15 is 0 Å². The van der Waals surface area contributed by atoms with E-state index in [2.05, 4.69) is 31.1 Å². The zero-order valence-electron chi connectivity index (χ0n) is 19.6. The average Bonchev–Trinajstić information content (AvgIpc) is 2.84. The molecule has 0 saturated carbocycles. The summed E-state index contributed by atoms with van der Waals surface area (Å²) in [4.78, 5) is 24.6. The Labute approximate surface area is 212 Å². The lowest BCUT2D eigenvalue weighted by molar-refractivity contribution is -0.115. The predicted molar refractivity (Wildman–Crippen MR) is 135 cm³/mol. The van der Waals surface area contributed by atoms with Gasteiger partial charge in [0.1, 0.15) is 23.0 Å². The first kappa shape index (κ1) is 26.4. The van der Waals surface area contributed by atoms with Crippen LogP contribution in [0.2, 0.25) is 0 Å². The molecule has 4 N–H and O–H groups in total. The molecule has 0 aliphatic carbocycles. The van der Waals surface area contributed by atoms with Gasteiger partial charge in [0.2, 0.25) is 11.9 Å². The van der Waals surface area contributed by atoms with E-state index in [0.717, 1.165) is 11.8 Å². The highest BCUT2D eigenvalue weighted by molar-refractivity contribution is 8.00. The number of nitrogens with zero attached hydrogens (tertiary/aromatic N) is 5. The van der Waals surface area contributed by atoms with Gasteiger partial charge in [-0.2, -0.15) is 10.5 Å². The number of carbonyl (C=O) groups is 1. The molecule has 0 aliphatic heterocycles. The van der Waals surface area contributed by atoms with Crippen LogP contribution >= 0.6 is 11.8 Å². The van der Waals surface area contributed by atoms with Gasteiger partial charge < -0.3 is 11.1 Å². The summed E-state index contributed by atoms with van der Waals surface area (Å²) in [6.07, 6.45) is 2.82. The highest BCUT2D eigenvalue weighted by Gasteiger charge is 2.24. The van der Waals surface area contributed by atoms with Crippen LogP contribution in [0.4, 0.5) is 17.5 Å². The van der Waals surface area contributed by atoms with Crippen LogP contribution in [0.5, 0.6) is 0 Å². The monoisotopic (exact) mass is 522 g/mol. The molecule has 0 fully saturated rings. The Kier molecular flexibility index (Phi) is 8.09. The Bertz CT molecular complexity index is 1460. The molecule has 3 aromatic rings. The second-order valence-corrected chi connectivity index (χ2v) is 10.8. The molecule has 3 rings (SSSR count).